The Bertz CT molecular complexity index is 748. The number of rotatable bonds is 3. The number of nitrogens with one attached hydrogen (secondary N) is 2. The first-order valence-corrected chi connectivity index (χ1v) is 7.09. The number of para-hydroxylation sites is 2. The van der Waals surface area contributed by atoms with Gasteiger partial charge in [-0.2, -0.15) is 0 Å². The van der Waals surface area contributed by atoms with E-state index in [1.54, 1.807) is 12.1 Å². The number of benzene rings is 3. The number of hydrogen-bond donors (Lipinski definition) is 1. The Hall–Kier alpha value is -3.07. The van der Waals surface area contributed by atoms with Gasteiger partial charge in [-0.1, -0.05) is 36.4 Å². The SMILES string of the molecule is [NH]c1ccc(/C(=N\c2ccccc2)Nc2ccccc2)cc1. The van der Waals surface area contributed by atoms with Gasteiger partial charge in [0.05, 0.1) is 11.4 Å². The highest BCUT2D eigenvalue weighted by Gasteiger charge is 2.04. The van der Waals surface area contributed by atoms with Crippen LogP contribution in [0.1, 0.15) is 5.56 Å². The van der Waals surface area contributed by atoms with E-state index in [4.69, 9.17) is 10.7 Å². The number of nitrogens with zero attached hydrogens (tertiary/aromatic N) is 1. The number of hydrogen-bond acceptors (Lipinski definition) is 1. The summed E-state index contributed by atoms with van der Waals surface area (Å²) in [5.74, 6) is 0.761. The zero-order valence-electron chi connectivity index (χ0n) is 12.0. The van der Waals surface area contributed by atoms with Crippen molar-refractivity contribution in [3.05, 3.63) is 90.5 Å². The minimum Gasteiger partial charge on any atom is -0.340 e. The molecule has 3 heteroatoms. The molecule has 0 saturated carbocycles. The third kappa shape index (κ3) is 3.52. The summed E-state index contributed by atoms with van der Waals surface area (Å²) in [7, 11) is 0. The summed E-state index contributed by atoms with van der Waals surface area (Å²) in [5, 5.41) is 3.35. The van der Waals surface area contributed by atoms with Gasteiger partial charge in [0.25, 0.3) is 0 Å². The Morgan fingerprint density at radius 3 is 1.95 bits per heavy atom. The van der Waals surface area contributed by atoms with Crippen LogP contribution in [0.25, 0.3) is 0 Å². The van der Waals surface area contributed by atoms with E-state index in [-0.39, 0.29) is 0 Å². The molecule has 107 valence electrons. The van der Waals surface area contributed by atoms with Crippen molar-refractivity contribution in [1.82, 2.24) is 5.73 Å². The van der Waals surface area contributed by atoms with Crippen LogP contribution in [0, 0.1) is 0 Å². The lowest BCUT2D eigenvalue weighted by molar-refractivity contribution is 1.44. The lowest BCUT2D eigenvalue weighted by Crippen LogP contribution is -2.13. The van der Waals surface area contributed by atoms with Crippen LogP contribution in [0.15, 0.2) is 89.9 Å². The molecule has 3 aromatic rings. The van der Waals surface area contributed by atoms with E-state index >= 15 is 0 Å². The molecule has 2 N–H and O–H groups in total. The molecule has 0 aliphatic carbocycles. The molecule has 0 saturated heterocycles. The first-order chi connectivity index (χ1) is 10.8. The average molecular weight is 286 g/mol. The fourth-order valence-electron chi connectivity index (χ4n) is 2.08. The molecule has 0 heterocycles. The second-order valence-corrected chi connectivity index (χ2v) is 4.86. The van der Waals surface area contributed by atoms with E-state index < -0.39 is 0 Å². The first kappa shape index (κ1) is 13.9. The Morgan fingerprint density at radius 2 is 1.32 bits per heavy atom. The molecule has 1 radical (unpaired) electrons. The van der Waals surface area contributed by atoms with Gasteiger partial charge in [0, 0.05) is 11.3 Å². The standard InChI is InChI=1S/C19H16N3/c20-16-13-11-15(12-14-16)19(21-17-7-3-1-4-8-17)22-18-9-5-2-6-10-18/h1-14,20H,(H,21,22). The van der Waals surface area contributed by atoms with Crippen molar-refractivity contribution in [2.75, 3.05) is 5.32 Å². The molecule has 3 rings (SSSR count). The maximum Gasteiger partial charge on any atom is 0.138 e. The zero-order valence-corrected chi connectivity index (χ0v) is 12.0. The minimum absolute atomic E-state index is 0.488. The summed E-state index contributed by atoms with van der Waals surface area (Å²) in [6.45, 7) is 0. The van der Waals surface area contributed by atoms with Crippen molar-refractivity contribution in [2.45, 2.75) is 0 Å². The molecule has 0 aromatic heterocycles. The molecule has 3 aromatic carbocycles. The van der Waals surface area contributed by atoms with Crippen LogP contribution in [-0.2, 0) is 0 Å². The molecule has 0 atom stereocenters. The summed E-state index contributed by atoms with van der Waals surface area (Å²) >= 11 is 0. The monoisotopic (exact) mass is 286 g/mol. The van der Waals surface area contributed by atoms with Gasteiger partial charge in [0.1, 0.15) is 5.84 Å². The van der Waals surface area contributed by atoms with E-state index in [9.17, 15) is 0 Å². The van der Waals surface area contributed by atoms with E-state index in [1.807, 2.05) is 72.8 Å². The summed E-state index contributed by atoms with van der Waals surface area (Å²) in [6, 6.07) is 27.1. The lowest BCUT2D eigenvalue weighted by Gasteiger charge is -2.11. The largest absolute Gasteiger partial charge is 0.340 e. The van der Waals surface area contributed by atoms with Gasteiger partial charge in [0.15, 0.2) is 0 Å². The summed E-state index contributed by atoms with van der Waals surface area (Å²) < 4.78 is 0. The Kier molecular flexibility index (Phi) is 4.16. The highest BCUT2D eigenvalue weighted by atomic mass is 15.0. The van der Waals surface area contributed by atoms with Gasteiger partial charge >= 0.3 is 0 Å². The predicted molar refractivity (Wildman–Crippen MR) is 91.9 cm³/mol. The Morgan fingerprint density at radius 1 is 0.727 bits per heavy atom. The molecule has 0 aliphatic rings. The molecule has 0 amide bonds. The van der Waals surface area contributed by atoms with Crippen molar-refractivity contribution < 1.29 is 0 Å². The molecular formula is C19H16N3. The van der Waals surface area contributed by atoms with Crippen molar-refractivity contribution in [1.29, 1.82) is 0 Å². The maximum atomic E-state index is 7.61. The molecule has 3 nitrogen and oxygen atoms in total. The molecule has 0 unspecified atom stereocenters. The van der Waals surface area contributed by atoms with E-state index in [1.165, 1.54) is 0 Å². The fraction of sp³-hybridized carbons (Fsp3) is 0. The van der Waals surface area contributed by atoms with Crippen LogP contribution in [-0.4, -0.2) is 5.84 Å². The maximum absolute atomic E-state index is 7.61. The van der Waals surface area contributed by atoms with Crippen molar-refractivity contribution in [3.63, 3.8) is 0 Å². The van der Waals surface area contributed by atoms with Crippen LogP contribution in [0.5, 0.6) is 0 Å². The number of aliphatic imine (C=N–C) groups is 1. The topological polar surface area (TPSA) is 48.2 Å². The van der Waals surface area contributed by atoms with Crippen molar-refractivity contribution >= 4 is 22.9 Å². The molecule has 22 heavy (non-hydrogen) atoms. The molecular weight excluding hydrogens is 270 g/mol. The summed E-state index contributed by atoms with van der Waals surface area (Å²) in [4.78, 5) is 4.70. The van der Waals surface area contributed by atoms with Crippen molar-refractivity contribution in [2.24, 2.45) is 4.99 Å². The van der Waals surface area contributed by atoms with Crippen LogP contribution in [0.2, 0.25) is 0 Å². The van der Waals surface area contributed by atoms with Crippen molar-refractivity contribution in [3.8, 4) is 0 Å². The van der Waals surface area contributed by atoms with Crippen LogP contribution in [0.3, 0.4) is 0 Å². The highest BCUT2D eigenvalue weighted by molar-refractivity contribution is 6.09. The smallest absolute Gasteiger partial charge is 0.138 e. The minimum atomic E-state index is 0.488. The molecule has 0 aliphatic heterocycles. The van der Waals surface area contributed by atoms with E-state index in [0.29, 0.717) is 5.69 Å². The van der Waals surface area contributed by atoms with E-state index in [0.717, 1.165) is 22.8 Å². The normalized spacial score (nSPS) is 11.2. The molecule has 0 spiro atoms. The van der Waals surface area contributed by atoms with Crippen LogP contribution < -0.4 is 11.1 Å². The Balaban J connectivity index is 1.98. The predicted octanol–water partition coefficient (Wildman–Crippen LogP) is 4.79. The summed E-state index contributed by atoms with van der Waals surface area (Å²) in [6.07, 6.45) is 0. The first-order valence-electron chi connectivity index (χ1n) is 7.09. The number of amidine groups is 1. The average Bonchev–Trinajstić information content (AvgIpc) is 2.57. The van der Waals surface area contributed by atoms with Gasteiger partial charge in [-0.3, -0.25) is 0 Å². The second kappa shape index (κ2) is 6.59. The lowest BCUT2D eigenvalue weighted by atomic mass is 10.1. The molecule has 0 bridgehead atoms. The third-order valence-corrected chi connectivity index (χ3v) is 3.19. The number of anilines is 1. The van der Waals surface area contributed by atoms with Gasteiger partial charge < -0.3 is 11.1 Å². The third-order valence-electron chi connectivity index (χ3n) is 3.19. The van der Waals surface area contributed by atoms with Gasteiger partial charge in [-0.05, 0) is 48.5 Å². The van der Waals surface area contributed by atoms with Crippen LogP contribution >= 0.6 is 0 Å². The van der Waals surface area contributed by atoms with E-state index in [2.05, 4.69) is 5.32 Å². The highest BCUT2D eigenvalue weighted by Crippen LogP contribution is 2.17. The molecule has 0 fully saturated rings. The fourth-order valence-corrected chi connectivity index (χ4v) is 2.08. The quantitative estimate of drug-likeness (QED) is 0.546. The second-order valence-electron chi connectivity index (χ2n) is 4.86. The summed E-state index contributed by atoms with van der Waals surface area (Å²) in [5.41, 5.74) is 10.9. The zero-order chi connectivity index (χ0) is 15.2. The Labute approximate surface area is 130 Å². The van der Waals surface area contributed by atoms with Gasteiger partial charge in [-0.25, -0.2) is 4.99 Å². The van der Waals surface area contributed by atoms with Gasteiger partial charge in [-0.15, -0.1) is 0 Å². The van der Waals surface area contributed by atoms with Gasteiger partial charge in [0.2, 0.25) is 0 Å². The van der Waals surface area contributed by atoms with Crippen LogP contribution in [0.4, 0.5) is 17.1 Å².